The molecule has 1 amide bonds. The van der Waals surface area contributed by atoms with Crippen molar-refractivity contribution in [2.24, 2.45) is 5.92 Å². The fourth-order valence-corrected chi connectivity index (χ4v) is 1.73. The lowest BCUT2D eigenvalue weighted by Crippen LogP contribution is -2.26. The van der Waals surface area contributed by atoms with Gasteiger partial charge in [0.15, 0.2) is 0 Å². The molecule has 0 atom stereocenters. The normalized spacial score (nSPS) is 10.6. The summed E-state index contributed by atoms with van der Waals surface area (Å²) < 4.78 is 5.12. The SMILES string of the molecule is CC(C)CNCCCCNC(=O)OCc1ccccc1. The standard InChI is InChI=1S/C16H26N2O2/c1-14(2)12-17-10-6-7-11-18-16(19)20-13-15-8-4-3-5-9-15/h3-5,8-9,14,17H,6-7,10-13H2,1-2H3,(H,18,19). The highest BCUT2D eigenvalue weighted by atomic mass is 16.5. The molecule has 1 aromatic carbocycles. The molecule has 0 fully saturated rings. The number of hydrogen-bond donors (Lipinski definition) is 2. The van der Waals surface area contributed by atoms with Crippen molar-refractivity contribution in [1.29, 1.82) is 0 Å². The highest BCUT2D eigenvalue weighted by molar-refractivity contribution is 5.67. The zero-order valence-corrected chi connectivity index (χ0v) is 12.5. The topological polar surface area (TPSA) is 50.4 Å². The first-order valence-corrected chi connectivity index (χ1v) is 7.33. The van der Waals surface area contributed by atoms with Crippen LogP contribution in [0.2, 0.25) is 0 Å². The van der Waals surface area contributed by atoms with Crippen LogP contribution >= 0.6 is 0 Å². The summed E-state index contributed by atoms with van der Waals surface area (Å²) in [6, 6.07) is 9.68. The molecule has 0 aliphatic heterocycles. The summed E-state index contributed by atoms with van der Waals surface area (Å²) in [4.78, 5) is 11.4. The Labute approximate surface area is 121 Å². The summed E-state index contributed by atoms with van der Waals surface area (Å²) in [5.74, 6) is 0.682. The molecule has 4 heteroatoms. The van der Waals surface area contributed by atoms with E-state index in [1.807, 2.05) is 30.3 Å². The maximum Gasteiger partial charge on any atom is 0.407 e. The van der Waals surface area contributed by atoms with Crippen LogP contribution in [0.1, 0.15) is 32.3 Å². The third-order valence-electron chi connectivity index (χ3n) is 2.82. The van der Waals surface area contributed by atoms with Gasteiger partial charge in [0.05, 0.1) is 0 Å². The minimum atomic E-state index is -0.344. The van der Waals surface area contributed by atoms with E-state index in [4.69, 9.17) is 4.74 Å². The zero-order valence-electron chi connectivity index (χ0n) is 12.5. The molecule has 0 unspecified atom stereocenters. The largest absolute Gasteiger partial charge is 0.445 e. The molecular weight excluding hydrogens is 252 g/mol. The average molecular weight is 278 g/mol. The van der Waals surface area contributed by atoms with Crippen molar-refractivity contribution >= 4 is 6.09 Å². The zero-order chi connectivity index (χ0) is 14.6. The number of carbonyl (C=O) groups excluding carboxylic acids is 1. The highest BCUT2D eigenvalue weighted by Gasteiger charge is 2.01. The Morgan fingerprint density at radius 3 is 2.55 bits per heavy atom. The van der Waals surface area contributed by atoms with Gasteiger partial charge in [0.25, 0.3) is 0 Å². The molecule has 112 valence electrons. The third-order valence-corrected chi connectivity index (χ3v) is 2.82. The lowest BCUT2D eigenvalue weighted by Gasteiger charge is -2.08. The summed E-state index contributed by atoms with van der Waals surface area (Å²) in [6.45, 7) is 7.42. The van der Waals surface area contributed by atoms with Crippen molar-refractivity contribution in [3.63, 3.8) is 0 Å². The van der Waals surface area contributed by atoms with Gasteiger partial charge in [-0.25, -0.2) is 4.79 Å². The Morgan fingerprint density at radius 1 is 1.15 bits per heavy atom. The van der Waals surface area contributed by atoms with Gasteiger partial charge in [0.1, 0.15) is 6.61 Å². The predicted octanol–water partition coefficient (Wildman–Crippen LogP) is 2.94. The Hall–Kier alpha value is -1.55. The maximum absolute atomic E-state index is 11.4. The first-order chi connectivity index (χ1) is 9.68. The van der Waals surface area contributed by atoms with Crippen LogP contribution in [0.3, 0.4) is 0 Å². The van der Waals surface area contributed by atoms with E-state index in [0.29, 0.717) is 19.1 Å². The summed E-state index contributed by atoms with van der Waals surface area (Å²) in [5, 5.41) is 6.14. The molecular formula is C16H26N2O2. The molecule has 0 saturated heterocycles. The van der Waals surface area contributed by atoms with Crippen molar-refractivity contribution in [3.05, 3.63) is 35.9 Å². The van der Waals surface area contributed by atoms with Crippen LogP contribution in [0.25, 0.3) is 0 Å². The van der Waals surface area contributed by atoms with E-state index in [1.54, 1.807) is 0 Å². The van der Waals surface area contributed by atoms with Crippen LogP contribution in [0.4, 0.5) is 4.79 Å². The van der Waals surface area contributed by atoms with Gasteiger partial charge < -0.3 is 15.4 Å². The van der Waals surface area contributed by atoms with Crippen LogP contribution in [-0.4, -0.2) is 25.7 Å². The van der Waals surface area contributed by atoms with Crippen molar-refractivity contribution < 1.29 is 9.53 Å². The number of hydrogen-bond acceptors (Lipinski definition) is 3. The van der Waals surface area contributed by atoms with Gasteiger partial charge in [-0.15, -0.1) is 0 Å². The Morgan fingerprint density at radius 2 is 1.85 bits per heavy atom. The Bertz CT molecular complexity index is 366. The van der Waals surface area contributed by atoms with Crippen molar-refractivity contribution in [1.82, 2.24) is 10.6 Å². The van der Waals surface area contributed by atoms with Crippen LogP contribution in [0.5, 0.6) is 0 Å². The summed E-state index contributed by atoms with van der Waals surface area (Å²) >= 11 is 0. The lowest BCUT2D eigenvalue weighted by atomic mass is 10.2. The molecule has 0 radical (unpaired) electrons. The van der Waals surface area contributed by atoms with Crippen molar-refractivity contribution in [2.45, 2.75) is 33.3 Å². The fraction of sp³-hybridized carbons (Fsp3) is 0.562. The van der Waals surface area contributed by atoms with Gasteiger partial charge in [-0.05, 0) is 37.4 Å². The molecule has 1 rings (SSSR count). The second-order valence-corrected chi connectivity index (χ2v) is 5.29. The van der Waals surface area contributed by atoms with Crippen molar-refractivity contribution in [3.8, 4) is 0 Å². The Kier molecular flexibility index (Phi) is 8.47. The number of nitrogens with one attached hydrogen (secondary N) is 2. The average Bonchev–Trinajstić information content (AvgIpc) is 2.45. The molecule has 20 heavy (non-hydrogen) atoms. The molecule has 0 spiro atoms. The molecule has 0 aromatic heterocycles. The quantitative estimate of drug-likeness (QED) is 0.683. The summed E-state index contributed by atoms with van der Waals surface area (Å²) in [5.41, 5.74) is 1.00. The first-order valence-electron chi connectivity index (χ1n) is 7.33. The minimum Gasteiger partial charge on any atom is -0.445 e. The predicted molar refractivity (Wildman–Crippen MR) is 81.6 cm³/mol. The lowest BCUT2D eigenvalue weighted by molar-refractivity contribution is 0.139. The smallest absolute Gasteiger partial charge is 0.407 e. The number of amides is 1. The molecule has 4 nitrogen and oxygen atoms in total. The third kappa shape index (κ3) is 8.53. The second-order valence-electron chi connectivity index (χ2n) is 5.29. The van der Waals surface area contributed by atoms with Gasteiger partial charge in [0.2, 0.25) is 0 Å². The highest BCUT2D eigenvalue weighted by Crippen LogP contribution is 2.00. The van der Waals surface area contributed by atoms with Gasteiger partial charge in [-0.2, -0.15) is 0 Å². The molecule has 0 bridgehead atoms. The van der Waals surface area contributed by atoms with E-state index in [2.05, 4.69) is 24.5 Å². The van der Waals surface area contributed by atoms with Gasteiger partial charge >= 0.3 is 6.09 Å². The van der Waals surface area contributed by atoms with Crippen LogP contribution in [-0.2, 0) is 11.3 Å². The molecule has 1 aromatic rings. The van der Waals surface area contributed by atoms with Gasteiger partial charge in [-0.3, -0.25) is 0 Å². The molecule has 0 saturated carbocycles. The van der Waals surface area contributed by atoms with Crippen LogP contribution in [0.15, 0.2) is 30.3 Å². The number of carbonyl (C=O) groups is 1. The van der Waals surface area contributed by atoms with Gasteiger partial charge in [-0.1, -0.05) is 44.2 Å². The number of ether oxygens (including phenoxy) is 1. The summed E-state index contributed by atoms with van der Waals surface area (Å²) in [7, 11) is 0. The first kappa shape index (κ1) is 16.5. The molecule has 0 aliphatic carbocycles. The number of alkyl carbamates (subject to hydrolysis) is 1. The van der Waals surface area contributed by atoms with Gasteiger partial charge in [0, 0.05) is 6.54 Å². The Balaban J connectivity index is 1.95. The number of benzene rings is 1. The number of rotatable bonds is 9. The van der Waals surface area contributed by atoms with Crippen LogP contribution < -0.4 is 10.6 Å². The molecule has 0 aliphatic rings. The number of unbranched alkanes of at least 4 members (excludes halogenated alkanes) is 1. The van der Waals surface area contributed by atoms with E-state index in [9.17, 15) is 4.79 Å². The van der Waals surface area contributed by atoms with E-state index in [0.717, 1.165) is 31.5 Å². The minimum absolute atomic E-state index is 0.322. The van der Waals surface area contributed by atoms with E-state index in [-0.39, 0.29) is 6.09 Å². The maximum atomic E-state index is 11.4. The fourth-order valence-electron chi connectivity index (χ4n) is 1.73. The van der Waals surface area contributed by atoms with E-state index >= 15 is 0 Å². The van der Waals surface area contributed by atoms with E-state index in [1.165, 1.54) is 0 Å². The molecule has 0 heterocycles. The van der Waals surface area contributed by atoms with Crippen molar-refractivity contribution in [2.75, 3.05) is 19.6 Å². The second kappa shape index (κ2) is 10.3. The monoisotopic (exact) mass is 278 g/mol. The molecule has 2 N–H and O–H groups in total. The summed E-state index contributed by atoms with van der Waals surface area (Å²) in [6.07, 6.45) is 1.68. The van der Waals surface area contributed by atoms with Crippen LogP contribution in [0, 0.1) is 5.92 Å². The van der Waals surface area contributed by atoms with E-state index < -0.39 is 0 Å².